The molecule has 3 rings (SSSR count). The van der Waals surface area contributed by atoms with Gasteiger partial charge in [0.05, 0.1) is 0 Å². The molecule has 0 aliphatic carbocycles. The van der Waals surface area contributed by atoms with Crippen LogP contribution in [0.2, 0.25) is 0 Å². The highest BCUT2D eigenvalue weighted by Crippen LogP contribution is 2.38. The second-order valence-corrected chi connectivity index (χ2v) is 9.15. The van der Waals surface area contributed by atoms with Crippen LogP contribution in [0.4, 0.5) is 4.39 Å². The number of halogens is 3. The van der Waals surface area contributed by atoms with Crippen molar-refractivity contribution in [2.24, 2.45) is 5.14 Å². The number of sulfonamides is 1. The molecule has 3 nitrogen and oxygen atoms in total. The summed E-state index contributed by atoms with van der Waals surface area (Å²) in [6.45, 7) is 0. The summed E-state index contributed by atoms with van der Waals surface area (Å²) in [5.74, 6) is -0.859. The van der Waals surface area contributed by atoms with Crippen molar-refractivity contribution in [1.82, 2.24) is 0 Å². The van der Waals surface area contributed by atoms with Gasteiger partial charge in [0.15, 0.2) is 0 Å². The summed E-state index contributed by atoms with van der Waals surface area (Å²) in [6, 6.07) is 9.80. The van der Waals surface area contributed by atoms with E-state index in [1.54, 1.807) is 6.07 Å². The molecule has 0 saturated heterocycles. The first-order valence-corrected chi connectivity index (χ1v) is 10.7. The number of thiophene rings is 1. The van der Waals surface area contributed by atoms with Crippen LogP contribution in [0.25, 0.3) is 22.3 Å². The van der Waals surface area contributed by atoms with Crippen molar-refractivity contribution in [2.75, 3.05) is 0 Å². The first kappa shape index (κ1) is 17.8. The lowest BCUT2D eigenvalue weighted by molar-refractivity contribution is 0.568. The van der Waals surface area contributed by atoms with Gasteiger partial charge in [-0.3, -0.25) is 0 Å². The van der Waals surface area contributed by atoms with Gasteiger partial charge in [0.1, 0.15) is 10.7 Å². The van der Waals surface area contributed by atoms with E-state index in [9.17, 15) is 12.8 Å². The van der Waals surface area contributed by atoms with Gasteiger partial charge in [0, 0.05) is 20.1 Å². The molecule has 0 saturated carbocycles. The fourth-order valence-corrected chi connectivity index (χ4v) is 5.10. The molecule has 2 aromatic carbocycles. The summed E-state index contributed by atoms with van der Waals surface area (Å²) >= 11 is 8.40. The maximum absolute atomic E-state index is 14.1. The monoisotopic (exact) mass is 489 g/mol. The van der Waals surface area contributed by atoms with Gasteiger partial charge in [-0.05, 0) is 52.2 Å². The van der Waals surface area contributed by atoms with Crippen molar-refractivity contribution < 1.29 is 12.8 Å². The van der Waals surface area contributed by atoms with E-state index in [2.05, 4.69) is 31.9 Å². The fourth-order valence-electron chi connectivity index (χ4n) is 2.35. The van der Waals surface area contributed by atoms with Crippen molar-refractivity contribution in [3.63, 3.8) is 0 Å². The maximum Gasteiger partial charge on any atom is 0.240 e. The molecule has 0 amide bonds. The predicted molar refractivity (Wildman–Crippen MR) is 102 cm³/mol. The normalized spacial score (nSPS) is 11.7. The molecule has 1 heterocycles. The summed E-state index contributed by atoms with van der Waals surface area (Å²) in [4.78, 5) is -0.506. The molecule has 24 heavy (non-hydrogen) atoms. The van der Waals surface area contributed by atoms with Crippen LogP contribution in [0, 0.1) is 5.82 Å². The molecular formula is C16H10Br2FNO2S2. The molecule has 0 aliphatic rings. The highest BCUT2D eigenvalue weighted by molar-refractivity contribution is 9.11. The van der Waals surface area contributed by atoms with Crippen LogP contribution < -0.4 is 5.14 Å². The molecular weight excluding hydrogens is 481 g/mol. The van der Waals surface area contributed by atoms with Crippen molar-refractivity contribution in [2.45, 2.75) is 4.90 Å². The van der Waals surface area contributed by atoms with Crippen LogP contribution in [0.15, 0.2) is 61.0 Å². The van der Waals surface area contributed by atoms with Gasteiger partial charge in [-0.15, -0.1) is 0 Å². The Labute approximate surface area is 159 Å². The van der Waals surface area contributed by atoms with Crippen LogP contribution >= 0.6 is 43.2 Å². The van der Waals surface area contributed by atoms with E-state index in [1.165, 1.54) is 23.5 Å². The Bertz CT molecular complexity index is 1010. The molecule has 0 atom stereocenters. The van der Waals surface area contributed by atoms with Crippen molar-refractivity contribution >= 4 is 53.2 Å². The number of hydrogen-bond donors (Lipinski definition) is 1. The Morgan fingerprint density at radius 3 is 2.04 bits per heavy atom. The zero-order chi connectivity index (χ0) is 17.5. The Hall–Kier alpha value is -1.06. The predicted octanol–water partition coefficient (Wildman–Crippen LogP) is 5.39. The van der Waals surface area contributed by atoms with Crippen LogP contribution in [0.5, 0.6) is 0 Å². The molecule has 8 heteroatoms. The molecule has 0 radical (unpaired) electrons. The molecule has 124 valence electrons. The van der Waals surface area contributed by atoms with Gasteiger partial charge < -0.3 is 0 Å². The third-order valence-electron chi connectivity index (χ3n) is 3.38. The SMILES string of the molecule is NS(=O)(=O)c1ccc(-c2cscc2-c2cc(Br)cc(Br)c2)cc1F. The Balaban J connectivity index is 2.13. The van der Waals surface area contributed by atoms with Crippen LogP contribution in [0.1, 0.15) is 0 Å². The zero-order valence-electron chi connectivity index (χ0n) is 12.0. The van der Waals surface area contributed by atoms with Gasteiger partial charge in [-0.1, -0.05) is 37.9 Å². The summed E-state index contributed by atoms with van der Waals surface area (Å²) in [5, 5.41) is 8.87. The van der Waals surface area contributed by atoms with Gasteiger partial charge >= 0.3 is 0 Å². The van der Waals surface area contributed by atoms with E-state index in [-0.39, 0.29) is 0 Å². The number of hydrogen-bond acceptors (Lipinski definition) is 3. The molecule has 0 aliphatic heterocycles. The van der Waals surface area contributed by atoms with E-state index in [1.807, 2.05) is 29.0 Å². The van der Waals surface area contributed by atoms with Gasteiger partial charge in [-0.2, -0.15) is 11.3 Å². The molecule has 0 unspecified atom stereocenters. The lowest BCUT2D eigenvalue weighted by Crippen LogP contribution is -2.13. The first-order chi connectivity index (χ1) is 11.3. The minimum absolute atomic E-state index is 0.506. The van der Waals surface area contributed by atoms with Crippen molar-refractivity contribution in [1.29, 1.82) is 0 Å². The molecule has 0 spiro atoms. The third kappa shape index (κ3) is 3.62. The molecule has 0 fully saturated rings. The Morgan fingerprint density at radius 1 is 0.917 bits per heavy atom. The average Bonchev–Trinajstić information content (AvgIpc) is 2.94. The van der Waals surface area contributed by atoms with E-state index >= 15 is 0 Å². The highest BCUT2D eigenvalue weighted by Gasteiger charge is 2.17. The van der Waals surface area contributed by atoms with E-state index in [0.29, 0.717) is 5.56 Å². The van der Waals surface area contributed by atoms with Crippen molar-refractivity contribution in [3.8, 4) is 22.3 Å². The van der Waals surface area contributed by atoms with Gasteiger partial charge in [0.25, 0.3) is 0 Å². The topological polar surface area (TPSA) is 60.2 Å². The zero-order valence-corrected chi connectivity index (χ0v) is 16.8. The lowest BCUT2D eigenvalue weighted by atomic mass is 9.99. The van der Waals surface area contributed by atoms with Crippen LogP contribution in [0.3, 0.4) is 0 Å². The maximum atomic E-state index is 14.1. The lowest BCUT2D eigenvalue weighted by Gasteiger charge is -2.08. The van der Waals surface area contributed by atoms with E-state index in [0.717, 1.165) is 25.6 Å². The Morgan fingerprint density at radius 2 is 1.50 bits per heavy atom. The minimum Gasteiger partial charge on any atom is -0.225 e. The number of primary sulfonamides is 1. The van der Waals surface area contributed by atoms with E-state index in [4.69, 9.17) is 5.14 Å². The quantitative estimate of drug-likeness (QED) is 0.534. The number of rotatable bonds is 3. The first-order valence-electron chi connectivity index (χ1n) is 6.61. The second kappa shape index (κ2) is 6.68. The van der Waals surface area contributed by atoms with Crippen molar-refractivity contribution in [3.05, 3.63) is 61.9 Å². The van der Waals surface area contributed by atoms with E-state index < -0.39 is 20.7 Å². The second-order valence-electron chi connectivity index (χ2n) is 5.05. The molecule has 0 bridgehead atoms. The molecule has 1 aromatic heterocycles. The van der Waals surface area contributed by atoms with Crippen LogP contribution in [-0.2, 0) is 10.0 Å². The smallest absolute Gasteiger partial charge is 0.225 e. The molecule has 2 N–H and O–H groups in total. The Kier molecular flexibility index (Phi) is 4.94. The molecule has 3 aromatic rings. The highest BCUT2D eigenvalue weighted by atomic mass is 79.9. The number of nitrogens with two attached hydrogens (primary N) is 1. The average molecular weight is 491 g/mol. The standard InChI is InChI=1S/C16H10Br2FNO2S2/c17-11-3-10(4-12(18)6-11)14-8-23-7-13(14)9-1-2-16(15(19)5-9)24(20,21)22/h1-8H,(H2,20,21,22). The number of benzene rings is 2. The van der Waals surface area contributed by atoms with Gasteiger partial charge in [-0.25, -0.2) is 17.9 Å². The largest absolute Gasteiger partial charge is 0.240 e. The summed E-state index contributed by atoms with van der Waals surface area (Å²) in [5.41, 5.74) is 3.31. The third-order valence-corrected chi connectivity index (χ3v) is 5.99. The van der Waals surface area contributed by atoms with Crippen LogP contribution in [-0.4, -0.2) is 8.42 Å². The van der Waals surface area contributed by atoms with Gasteiger partial charge in [0.2, 0.25) is 10.0 Å². The fraction of sp³-hybridized carbons (Fsp3) is 0. The minimum atomic E-state index is -4.08. The summed E-state index contributed by atoms with van der Waals surface area (Å²) < 4.78 is 38.7. The summed E-state index contributed by atoms with van der Waals surface area (Å²) in [7, 11) is -4.08. The summed E-state index contributed by atoms with van der Waals surface area (Å²) in [6.07, 6.45) is 0.